The Kier molecular flexibility index (Phi) is 5.08. The fraction of sp³-hybridized carbons (Fsp3) is 0.500. The normalized spacial score (nSPS) is 10.1. The lowest BCUT2D eigenvalue weighted by molar-refractivity contribution is 0.414. The lowest BCUT2D eigenvalue weighted by atomic mass is 10.1. The highest BCUT2D eigenvalue weighted by Crippen LogP contribution is 2.14. The van der Waals surface area contributed by atoms with E-state index in [-0.39, 0.29) is 0 Å². The number of methoxy groups -OCH3 is 1. The van der Waals surface area contributed by atoms with E-state index >= 15 is 0 Å². The molecule has 0 aromatic heterocycles. The summed E-state index contributed by atoms with van der Waals surface area (Å²) in [6, 6.07) is 8.30. The molecule has 0 radical (unpaired) electrons. The molecule has 0 aliphatic rings. The second-order valence-corrected chi connectivity index (χ2v) is 3.41. The lowest BCUT2D eigenvalue weighted by Gasteiger charge is -2.04. The lowest BCUT2D eigenvalue weighted by Crippen LogP contribution is -2.07. The van der Waals surface area contributed by atoms with Crippen LogP contribution in [0.5, 0.6) is 5.75 Å². The van der Waals surface area contributed by atoms with Crippen molar-refractivity contribution in [2.45, 2.75) is 19.3 Å². The molecule has 2 nitrogen and oxygen atoms in total. The van der Waals surface area contributed by atoms with Crippen molar-refractivity contribution >= 4 is 0 Å². The molecule has 0 fully saturated rings. The van der Waals surface area contributed by atoms with Crippen LogP contribution in [0.25, 0.3) is 0 Å². The summed E-state index contributed by atoms with van der Waals surface area (Å²) < 4.78 is 5.17. The van der Waals surface area contributed by atoms with E-state index in [1.165, 1.54) is 18.4 Å². The summed E-state index contributed by atoms with van der Waals surface area (Å²) in [5.74, 6) is 0.955. The molecule has 1 N–H and O–H groups in total. The van der Waals surface area contributed by atoms with Crippen molar-refractivity contribution in [2.24, 2.45) is 0 Å². The molecule has 0 amide bonds. The van der Waals surface area contributed by atoms with Crippen molar-refractivity contribution < 1.29 is 4.74 Å². The van der Waals surface area contributed by atoms with E-state index in [0.29, 0.717) is 0 Å². The van der Waals surface area contributed by atoms with Gasteiger partial charge in [-0.2, -0.15) is 0 Å². The minimum atomic E-state index is 0.955. The Bertz CT molecular complexity index is 260. The van der Waals surface area contributed by atoms with Gasteiger partial charge in [-0.3, -0.25) is 0 Å². The molecular formula is C12H19NO. The van der Waals surface area contributed by atoms with Crippen LogP contribution in [-0.4, -0.2) is 20.7 Å². The molecule has 0 atom stereocenters. The number of benzene rings is 1. The Morgan fingerprint density at radius 2 is 2.14 bits per heavy atom. The summed E-state index contributed by atoms with van der Waals surface area (Å²) in [4.78, 5) is 0. The predicted octanol–water partition coefficient (Wildman–Crippen LogP) is 2.24. The number of ether oxygens (including phenoxy) is 1. The topological polar surface area (TPSA) is 21.3 Å². The molecule has 2 heteroatoms. The van der Waals surface area contributed by atoms with Gasteiger partial charge in [-0.25, -0.2) is 0 Å². The predicted molar refractivity (Wildman–Crippen MR) is 59.9 cm³/mol. The monoisotopic (exact) mass is 193 g/mol. The fourth-order valence-electron chi connectivity index (χ4n) is 1.46. The third-order valence-corrected chi connectivity index (χ3v) is 2.28. The van der Waals surface area contributed by atoms with Gasteiger partial charge in [-0.15, -0.1) is 0 Å². The maximum atomic E-state index is 5.17. The van der Waals surface area contributed by atoms with Gasteiger partial charge in [0.1, 0.15) is 5.75 Å². The summed E-state index contributed by atoms with van der Waals surface area (Å²) in [5.41, 5.74) is 1.36. The summed E-state index contributed by atoms with van der Waals surface area (Å²) in [6.07, 6.45) is 3.60. The largest absolute Gasteiger partial charge is 0.497 e. The molecule has 1 rings (SSSR count). The van der Waals surface area contributed by atoms with Gasteiger partial charge in [-0.1, -0.05) is 12.1 Å². The summed E-state index contributed by atoms with van der Waals surface area (Å²) in [7, 11) is 3.70. The van der Waals surface area contributed by atoms with E-state index in [0.717, 1.165) is 18.7 Å². The van der Waals surface area contributed by atoms with Crippen LogP contribution in [0.2, 0.25) is 0 Å². The number of hydrogen-bond donors (Lipinski definition) is 1. The quantitative estimate of drug-likeness (QED) is 0.700. The molecule has 78 valence electrons. The number of aryl methyl sites for hydroxylation is 1. The molecule has 14 heavy (non-hydrogen) atoms. The average molecular weight is 193 g/mol. The second kappa shape index (κ2) is 6.44. The van der Waals surface area contributed by atoms with Crippen molar-refractivity contribution in [3.05, 3.63) is 29.8 Å². The highest BCUT2D eigenvalue weighted by atomic mass is 16.5. The fourth-order valence-corrected chi connectivity index (χ4v) is 1.46. The number of hydrogen-bond acceptors (Lipinski definition) is 2. The van der Waals surface area contributed by atoms with Gasteiger partial charge < -0.3 is 10.1 Å². The van der Waals surface area contributed by atoms with E-state index in [9.17, 15) is 0 Å². The third-order valence-electron chi connectivity index (χ3n) is 2.28. The zero-order valence-electron chi connectivity index (χ0n) is 9.05. The van der Waals surface area contributed by atoms with Gasteiger partial charge in [0.2, 0.25) is 0 Å². The standard InChI is InChI=1S/C12H19NO/c1-13-9-4-3-6-11-7-5-8-12(10-11)14-2/h5,7-8,10,13H,3-4,6,9H2,1-2H3. The van der Waals surface area contributed by atoms with Crippen LogP contribution in [0.3, 0.4) is 0 Å². The van der Waals surface area contributed by atoms with Crippen molar-refractivity contribution in [2.75, 3.05) is 20.7 Å². The van der Waals surface area contributed by atoms with Crippen LogP contribution in [0.1, 0.15) is 18.4 Å². The van der Waals surface area contributed by atoms with E-state index in [1.54, 1.807) is 7.11 Å². The van der Waals surface area contributed by atoms with Gasteiger partial charge in [-0.05, 0) is 50.6 Å². The maximum absolute atomic E-state index is 5.17. The summed E-state index contributed by atoms with van der Waals surface area (Å²) in [6.45, 7) is 1.10. The molecular weight excluding hydrogens is 174 g/mol. The van der Waals surface area contributed by atoms with Crippen molar-refractivity contribution in [1.29, 1.82) is 0 Å². The van der Waals surface area contributed by atoms with Crippen LogP contribution in [0, 0.1) is 0 Å². The first kappa shape index (κ1) is 11.1. The van der Waals surface area contributed by atoms with Crippen LogP contribution < -0.4 is 10.1 Å². The summed E-state index contributed by atoms with van der Waals surface area (Å²) in [5, 5.41) is 3.15. The zero-order chi connectivity index (χ0) is 10.2. The Morgan fingerprint density at radius 1 is 1.29 bits per heavy atom. The molecule has 0 saturated heterocycles. The Morgan fingerprint density at radius 3 is 2.86 bits per heavy atom. The van der Waals surface area contributed by atoms with Crippen molar-refractivity contribution in [3.63, 3.8) is 0 Å². The first-order valence-corrected chi connectivity index (χ1v) is 5.14. The van der Waals surface area contributed by atoms with Gasteiger partial charge in [0.05, 0.1) is 7.11 Å². The highest BCUT2D eigenvalue weighted by molar-refractivity contribution is 5.28. The number of unbranched alkanes of at least 4 members (excludes halogenated alkanes) is 1. The van der Waals surface area contributed by atoms with Gasteiger partial charge in [0, 0.05) is 0 Å². The van der Waals surface area contributed by atoms with Gasteiger partial charge in [0.25, 0.3) is 0 Å². The molecule has 1 aromatic carbocycles. The molecule has 0 heterocycles. The SMILES string of the molecule is CNCCCCc1cccc(OC)c1. The van der Waals surface area contributed by atoms with Crippen molar-refractivity contribution in [1.82, 2.24) is 5.32 Å². The molecule has 0 aliphatic carbocycles. The Hall–Kier alpha value is -1.02. The first-order valence-electron chi connectivity index (χ1n) is 5.14. The Balaban J connectivity index is 2.34. The van der Waals surface area contributed by atoms with Crippen LogP contribution in [0.4, 0.5) is 0 Å². The minimum Gasteiger partial charge on any atom is -0.497 e. The average Bonchev–Trinajstić information content (AvgIpc) is 2.25. The van der Waals surface area contributed by atoms with Crippen molar-refractivity contribution in [3.8, 4) is 5.75 Å². The van der Waals surface area contributed by atoms with Gasteiger partial charge >= 0.3 is 0 Å². The molecule has 0 unspecified atom stereocenters. The van der Waals surface area contributed by atoms with E-state index < -0.39 is 0 Å². The molecule has 0 saturated carbocycles. The zero-order valence-corrected chi connectivity index (χ0v) is 9.05. The molecule has 0 spiro atoms. The van der Waals surface area contributed by atoms with Crippen LogP contribution in [-0.2, 0) is 6.42 Å². The van der Waals surface area contributed by atoms with E-state index in [4.69, 9.17) is 4.74 Å². The third kappa shape index (κ3) is 3.79. The first-order chi connectivity index (χ1) is 6.86. The van der Waals surface area contributed by atoms with Gasteiger partial charge in [0.15, 0.2) is 0 Å². The van der Waals surface area contributed by atoms with E-state index in [2.05, 4.69) is 17.4 Å². The molecule has 1 aromatic rings. The highest BCUT2D eigenvalue weighted by Gasteiger charge is 1.95. The molecule has 0 aliphatic heterocycles. The van der Waals surface area contributed by atoms with Crippen LogP contribution in [0.15, 0.2) is 24.3 Å². The minimum absolute atomic E-state index is 0.955. The smallest absolute Gasteiger partial charge is 0.119 e. The molecule has 0 bridgehead atoms. The number of rotatable bonds is 6. The second-order valence-electron chi connectivity index (χ2n) is 3.41. The summed E-state index contributed by atoms with van der Waals surface area (Å²) >= 11 is 0. The van der Waals surface area contributed by atoms with Crippen LogP contribution >= 0.6 is 0 Å². The maximum Gasteiger partial charge on any atom is 0.119 e. The Labute approximate surface area is 86.3 Å². The number of nitrogens with one attached hydrogen (secondary N) is 1. The van der Waals surface area contributed by atoms with E-state index in [1.807, 2.05) is 19.2 Å².